The van der Waals surface area contributed by atoms with Crippen molar-refractivity contribution in [3.63, 3.8) is 0 Å². The lowest BCUT2D eigenvalue weighted by atomic mass is 10.1. The molecule has 0 aromatic heterocycles. The number of hydrogen-bond acceptors (Lipinski definition) is 3. The van der Waals surface area contributed by atoms with E-state index < -0.39 is 0 Å². The van der Waals surface area contributed by atoms with Gasteiger partial charge in [-0.25, -0.2) is 4.79 Å². The van der Waals surface area contributed by atoms with Crippen LogP contribution < -0.4 is 10.6 Å². The molecule has 0 saturated carbocycles. The lowest BCUT2D eigenvalue weighted by Crippen LogP contribution is -2.47. The number of nitrogens with two attached hydrogens (primary N) is 1. The minimum atomic E-state index is -0.301. The fourth-order valence-electron chi connectivity index (χ4n) is 2.28. The summed E-state index contributed by atoms with van der Waals surface area (Å²) in [6, 6.07) is 5.59. The van der Waals surface area contributed by atoms with E-state index in [2.05, 4.69) is 0 Å². The molecule has 98 valence electrons. The summed E-state index contributed by atoms with van der Waals surface area (Å²) in [7, 11) is 0. The van der Waals surface area contributed by atoms with Crippen LogP contribution in [0.4, 0.5) is 10.5 Å². The second kappa shape index (κ2) is 5.59. The van der Waals surface area contributed by atoms with Gasteiger partial charge in [-0.3, -0.25) is 4.90 Å². The first-order valence-electron chi connectivity index (χ1n) is 6.05. The highest BCUT2D eigenvalue weighted by Gasteiger charge is 2.31. The molecule has 18 heavy (non-hydrogen) atoms. The van der Waals surface area contributed by atoms with Gasteiger partial charge in [0.15, 0.2) is 0 Å². The molecule has 1 aromatic carbocycles. The van der Waals surface area contributed by atoms with Gasteiger partial charge in [-0.2, -0.15) is 0 Å². The summed E-state index contributed by atoms with van der Waals surface area (Å²) in [5.74, 6) is 0. The number of hydrogen-bond donors (Lipinski definition) is 1. The maximum absolute atomic E-state index is 11.9. The first kappa shape index (κ1) is 13.2. The number of carbonyl (C=O) groups excluding carboxylic acids is 1. The number of ether oxygens (including phenoxy) is 1. The SMILES string of the molecule is Cc1cc(Cl)ccc1N1C(=O)OCCC1CCN. The number of cyclic esters (lactones) is 1. The van der Waals surface area contributed by atoms with Crippen LogP contribution in [0.2, 0.25) is 5.02 Å². The van der Waals surface area contributed by atoms with E-state index in [1.54, 1.807) is 11.0 Å². The molecule has 2 N–H and O–H groups in total. The van der Waals surface area contributed by atoms with Crippen molar-refractivity contribution in [2.45, 2.75) is 25.8 Å². The molecule has 0 bridgehead atoms. The summed E-state index contributed by atoms with van der Waals surface area (Å²) in [5, 5.41) is 0.664. The molecule has 1 atom stereocenters. The van der Waals surface area contributed by atoms with E-state index in [1.807, 2.05) is 19.1 Å². The Labute approximate surface area is 112 Å². The van der Waals surface area contributed by atoms with Crippen molar-refractivity contribution >= 4 is 23.4 Å². The number of rotatable bonds is 3. The first-order chi connectivity index (χ1) is 8.63. The van der Waals surface area contributed by atoms with Crippen molar-refractivity contribution in [3.8, 4) is 0 Å². The third-order valence-electron chi connectivity index (χ3n) is 3.16. The molecule has 1 heterocycles. The average Bonchev–Trinajstić information content (AvgIpc) is 2.31. The van der Waals surface area contributed by atoms with Gasteiger partial charge in [-0.1, -0.05) is 11.6 Å². The normalized spacial score (nSPS) is 19.8. The second-order valence-corrected chi connectivity index (χ2v) is 4.87. The zero-order valence-electron chi connectivity index (χ0n) is 10.4. The van der Waals surface area contributed by atoms with E-state index in [-0.39, 0.29) is 12.1 Å². The van der Waals surface area contributed by atoms with Crippen LogP contribution >= 0.6 is 11.6 Å². The highest BCUT2D eigenvalue weighted by Crippen LogP contribution is 2.29. The minimum Gasteiger partial charge on any atom is -0.449 e. The lowest BCUT2D eigenvalue weighted by Gasteiger charge is -2.35. The number of anilines is 1. The third-order valence-corrected chi connectivity index (χ3v) is 3.39. The maximum atomic E-state index is 11.9. The molecule has 5 heteroatoms. The Bertz CT molecular complexity index is 449. The Morgan fingerprint density at radius 2 is 2.33 bits per heavy atom. The van der Waals surface area contributed by atoms with E-state index >= 15 is 0 Å². The van der Waals surface area contributed by atoms with Crippen molar-refractivity contribution in [1.82, 2.24) is 0 Å². The van der Waals surface area contributed by atoms with Crippen molar-refractivity contribution in [3.05, 3.63) is 28.8 Å². The summed E-state index contributed by atoms with van der Waals surface area (Å²) in [4.78, 5) is 13.6. The molecule has 1 unspecified atom stereocenters. The van der Waals surface area contributed by atoms with Crippen LogP contribution in [0.3, 0.4) is 0 Å². The van der Waals surface area contributed by atoms with Crippen LogP contribution in [0.15, 0.2) is 18.2 Å². The monoisotopic (exact) mass is 268 g/mol. The molecular formula is C13H17ClN2O2. The zero-order valence-corrected chi connectivity index (χ0v) is 11.1. The van der Waals surface area contributed by atoms with Gasteiger partial charge in [0.1, 0.15) is 0 Å². The zero-order chi connectivity index (χ0) is 13.1. The highest BCUT2D eigenvalue weighted by molar-refractivity contribution is 6.30. The third kappa shape index (κ3) is 2.60. The summed E-state index contributed by atoms with van der Waals surface area (Å²) >= 11 is 5.94. The standard InChI is InChI=1S/C13H17ClN2O2/c1-9-8-10(14)2-3-12(9)16-11(4-6-15)5-7-18-13(16)17/h2-3,8,11H,4-7,15H2,1H3. The molecule has 0 spiro atoms. The number of amides is 1. The summed E-state index contributed by atoms with van der Waals surface area (Å²) < 4.78 is 5.12. The van der Waals surface area contributed by atoms with E-state index in [0.29, 0.717) is 18.2 Å². The highest BCUT2D eigenvalue weighted by atomic mass is 35.5. The van der Waals surface area contributed by atoms with E-state index in [1.165, 1.54) is 0 Å². The molecule has 1 aliphatic heterocycles. The number of aryl methyl sites for hydroxylation is 1. The summed E-state index contributed by atoms with van der Waals surface area (Å²) in [6.07, 6.45) is 1.28. The van der Waals surface area contributed by atoms with E-state index in [9.17, 15) is 4.79 Å². The van der Waals surface area contributed by atoms with Gasteiger partial charge in [-0.15, -0.1) is 0 Å². The van der Waals surface area contributed by atoms with Crippen molar-refractivity contribution in [2.75, 3.05) is 18.1 Å². The Morgan fingerprint density at radius 3 is 3.00 bits per heavy atom. The average molecular weight is 269 g/mol. The van der Waals surface area contributed by atoms with Gasteiger partial charge < -0.3 is 10.5 Å². The van der Waals surface area contributed by atoms with Gasteiger partial charge >= 0.3 is 6.09 Å². The van der Waals surface area contributed by atoms with Gasteiger partial charge in [0.05, 0.1) is 12.3 Å². The summed E-state index contributed by atoms with van der Waals surface area (Å²) in [5.41, 5.74) is 7.42. The molecule has 1 aliphatic rings. The lowest BCUT2D eigenvalue weighted by molar-refractivity contribution is 0.128. The molecule has 1 aromatic rings. The smallest absolute Gasteiger partial charge is 0.414 e. The topological polar surface area (TPSA) is 55.6 Å². The van der Waals surface area contributed by atoms with Crippen LogP contribution in [0.1, 0.15) is 18.4 Å². The second-order valence-electron chi connectivity index (χ2n) is 4.44. The Balaban J connectivity index is 2.34. The predicted molar refractivity (Wildman–Crippen MR) is 72.1 cm³/mol. The fraction of sp³-hybridized carbons (Fsp3) is 0.462. The van der Waals surface area contributed by atoms with Gasteiger partial charge in [-0.05, 0) is 43.7 Å². The Kier molecular flexibility index (Phi) is 4.09. The summed E-state index contributed by atoms with van der Waals surface area (Å²) in [6.45, 7) is 2.95. The van der Waals surface area contributed by atoms with Gasteiger partial charge in [0.2, 0.25) is 0 Å². The molecule has 0 aliphatic carbocycles. The molecule has 1 saturated heterocycles. The predicted octanol–water partition coefficient (Wildman–Crippen LogP) is 2.71. The van der Waals surface area contributed by atoms with Crippen molar-refractivity contribution in [2.24, 2.45) is 5.73 Å². The minimum absolute atomic E-state index is 0.108. The molecule has 4 nitrogen and oxygen atoms in total. The molecule has 2 rings (SSSR count). The van der Waals surface area contributed by atoms with Gasteiger partial charge in [0.25, 0.3) is 0 Å². The van der Waals surface area contributed by atoms with Crippen LogP contribution in [0.25, 0.3) is 0 Å². The van der Waals surface area contributed by atoms with E-state index in [0.717, 1.165) is 24.1 Å². The Morgan fingerprint density at radius 1 is 1.56 bits per heavy atom. The van der Waals surface area contributed by atoms with Crippen LogP contribution in [-0.2, 0) is 4.74 Å². The van der Waals surface area contributed by atoms with E-state index in [4.69, 9.17) is 22.1 Å². The number of nitrogens with zero attached hydrogens (tertiary/aromatic N) is 1. The first-order valence-corrected chi connectivity index (χ1v) is 6.43. The Hall–Kier alpha value is -1.26. The van der Waals surface area contributed by atoms with Crippen LogP contribution in [0.5, 0.6) is 0 Å². The quantitative estimate of drug-likeness (QED) is 0.917. The largest absolute Gasteiger partial charge is 0.449 e. The van der Waals surface area contributed by atoms with Crippen LogP contribution in [0, 0.1) is 6.92 Å². The van der Waals surface area contributed by atoms with Gasteiger partial charge in [0, 0.05) is 17.5 Å². The van der Waals surface area contributed by atoms with Crippen molar-refractivity contribution < 1.29 is 9.53 Å². The number of halogens is 1. The fourth-order valence-corrected chi connectivity index (χ4v) is 2.51. The molecule has 0 radical (unpaired) electrons. The molecule has 1 amide bonds. The molecule has 1 fully saturated rings. The maximum Gasteiger partial charge on any atom is 0.414 e. The number of carbonyl (C=O) groups is 1. The molecular weight excluding hydrogens is 252 g/mol. The number of benzene rings is 1. The van der Waals surface area contributed by atoms with Crippen LogP contribution in [-0.4, -0.2) is 25.3 Å². The van der Waals surface area contributed by atoms with Crippen molar-refractivity contribution in [1.29, 1.82) is 0 Å².